The van der Waals surface area contributed by atoms with Crippen LogP contribution in [0, 0.1) is 0 Å². The van der Waals surface area contributed by atoms with E-state index < -0.39 is 0 Å². The summed E-state index contributed by atoms with van der Waals surface area (Å²) in [5.41, 5.74) is 10.6. The van der Waals surface area contributed by atoms with E-state index in [9.17, 15) is 0 Å². The Bertz CT molecular complexity index is 36.0. The van der Waals surface area contributed by atoms with Gasteiger partial charge in [-0.3, -0.25) is 0 Å². The minimum Gasteiger partial charge on any atom is -0.330 e. The van der Waals surface area contributed by atoms with Crippen LogP contribution in [0.4, 0.5) is 0 Å². The molecule has 9 heavy (non-hydrogen) atoms. The molecule has 0 atom stereocenters. The van der Waals surface area contributed by atoms with Crippen molar-refractivity contribution in [1.29, 1.82) is 0 Å². The predicted molar refractivity (Wildman–Crippen MR) is 36.6 cm³/mol. The summed E-state index contributed by atoms with van der Waals surface area (Å²) in [6, 6.07) is 0. The molecule has 0 saturated heterocycles. The average Bonchev–Trinajstić information content (AvgIpc) is 1.81. The summed E-state index contributed by atoms with van der Waals surface area (Å²) in [5.74, 6) is 0. The molecule has 2 nitrogen and oxygen atoms in total. The van der Waals surface area contributed by atoms with Gasteiger partial charge in [0.05, 0.1) is 0 Å². The third kappa shape index (κ3) is 12.0. The van der Waals surface area contributed by atoms with E-state index in [-0.39, 0.29) is 21.1 Å². The van der Waals surface area contributed by atoms with E-state index in [0.29, 0.717) is 0 Å². The summed E-state index contributed by atoms with van der Waals surface area (Å²) in [6.07, 6.45) is 4.79. The van der Waals surface area contributed by atoms with Crippen LogP contribution < -0.4 is 11.5 Å². The molecule has 0 heterocycles. The van der Waals surface area contributed by atoms with Gasteiger partial charge in [-0.25, -0.2) is 0 Å². The summed E-state index contributed by atoms with van der Waals surface area (Å²) >= 11 is 0. The van der Waals surface area contributed by atoms with Gasteiger partial charge in [-0.15, -0.1) is 0 Å². The number of nitrogens with two attached hydrogens (primary N) is 2. The molecule has 60 valence electrons. The van der Waals surface area contributed by atoms with Crippen LogP contribution in [0.1, 0.15) is 25.7 Å². The van der Waals surface area contributed by atoms with E-state index in [1.807, 2.05) is 0 Å². The van der Waals surface area contributed by atoms with E-state index >= 15 is 0 Å². The molecule has 0 amide bonds. The molecule has 0 aliphatic carbocycles. The van der Waals surface area contributed by atoms with Gasteiger partial charge in [-0.2, -0.15) is 0 Å². The number of hydrogen-bond donors (Lipinski definition) is 2. The van der Waals surface area contributed by atoms with Crippen LogP contribution in [-0.2, 0) is 21.1 Å². The normalized spacial score (nSPS) is 8.67. The summed E-state index contributed by atoms with van der Waals surface area (Å²) in [4.78, 5) is 0. The minimum atomic E-state index is 0. The van der Waals surface area contributed by atoms with E-state index in [2.05, 4.69) is 0 Å². The summed E-state index contributed by atoms with van der Waals surface area (Å²) in [6.45, 7) is 1.65. The van der Waals surface area contributed by atoms with E-state index in [1.54, 1.807) is 0 Å². The molecule has 0 rings (SSSR count). The molecule has 0 bridgehead atoms. The van der Waals surface area contributed by atoms with Crippen molar-refractivity contribution in [2.24, 2.45) is 11.5 Å². The van der Waals surface area contributed by atoms with Gasteiger partial charge < -0.3 is 11.5 Å². The van der Waals surface area contributed by atoms with Crippen molar-refractivity contribution in [3.05, 3.63) is 0 Å². The van der Waals surface area contributed by atoms with Crippen LogP contribution >= 0.6 is 0 Å². The molecule has 4 N–H and O–H groups in total. The van der Waals surface area contributed by atoms with Crippen molar-refractivity contribution in [2.45, 2.75) is 25.7 Å². The molecule has 0 saturated carbocycles. The van der Waals surface area contributed by atoms with Crippen molar-refractivity contribution in [1.82, 2.24) is 0 Å². The van der Waals surface area contributed by atoms with Crippen LogP contribution in [0.5, 0.6) is 0 Å². The first-order chi connectivity index (χ1) is 3.91. The van der Waals surface area contributed by atoms with Crippen LogP contribution in [0.3, 0.4) is 0 Å². The molecule has 3 heteroatoms. The Balaban J connectivity index is 0. The number of rotatable bonds is 5. The Labute approximate surface area is 71.6 Å². The van der Waals surface area contributed by atoms with E-state index in [4.69, 9.17) is 11.5 Å². The van der Waals surface area contributed by atoms with Gasteiger partial charge in [0, 0.05) is 21.1 Å². The molecule has 0 aromatic rings. The first-order valence-corrected chi connectivity index (χ1v) is 3.32. The zero-order valence-corrected chi connectivity index (χ0v) is 7.99. The van der Waals surface area contributed by atoms with Crippen LogP contribution in [0.25, 0.3) is 0 Å². The second kappa shape index (κ2) is 11.4. The van der Waals surface area contributed by atoms with Crippen molar-refractivity contribution in [3.63, 3.8) is 0 Å². The van der Waals surface area contributed by atoms with Gasteiger partial charge in [-0.1, -0.05) is 12.8 Å². The molecule has 0 aliphatic heterocycles. The summed E-state index contributed by atoms with van der Waals surface area (Å²) < 4.78 is 0. The summed E-state index contributed by atoms with van der Waals surface area (Å²) in [5, 5.41) is 0. The Morgan fingerprint density at radius 2 is 1.00 bits per heavy atom. The molecule has 0 aliphatic rings. The maximum absolute atomic E-state index is 5.28. The number of unbranched alkanes of at least 4 members (excludes halogenated alkanes) is 3. The van der Waals surface area contributed by atoms with Crippen LogP contribution in [0.15, 0.2) is 0 Å². The molecule has 0 fully saturated rings. The fourth-order valence-electron chi connectivity index (χ4n) is 0.642. The molecule has 0 unspecified atom stereocenters. The van der Waals surface area contributed by atoms with Gasteiger partial charge in [0.15, 0.2) is 0 Å². The number of hydrogen-bond acceptors (Lipinski definition) is 2. The SMILES string of the molecule is NCCCCCCN.[Pt]. The second-order valence-corrected chi connectivity index (χ2v) is 1.99. The molecule has 0 aromatic heterocycles. The smallest absolute Gasteiger partial charge is 0 e. The van der Waals surface area contributed by atoms with Gasteiger partial charge >= 0.3 is 0 Å². The van der Waals surface area contributed by atoms with Crippen molar-refractivity contribution >= 4 is 0 Å². The van der Waals surface area contributed by atoms with Gasteiger partial charge in [0.2, 0.25) is 0 Å². The first kappa shape index (κ1) is 12.3. The third-order valence-corrected chi connectivity index (χ3v) is 1.16. The zero-order valence-electron chi connectivity index (χ0n) is 5.71. The Hall–Kier alpha value is 0.608. The van der Waals surface area contributed by atoms with E-state index in [1.165, 1.54) is 12.8 Å². The molecular weight excluding hydrogens is 295 g/mol. The third-order valence-electron chi connectivity index (χ3n) is 1.16. The predicted octanol–water partition coefficient (Wildman–Crippen LogP) is 0.462. The monoisotopic (exact) mass is 311 g/mol. The Morgan fingerprint density at radius 3 is 1.22 bits per heavy atom. The quantitative estimate of drug-likeness (QED) is 0.725. The van der Waals surface area contributed by atoms with Crippen molar-refractivity contribution in [2.75, 3.05) is 13.1 Å². The van der Waals surface area contributed by atoms with Crippen molar-refractivity contribution < 1.29 is 21.1 Å². The molecule has 0 spiro atoms. The van der Waals surface area contributed by atoms with Gasteiger partial charge in [0.1, 0.15) is 0 Å². The molecule has 0 aromatic carbocycles. The largest absolute Gasteiger partial charge is 0.330 e. The Morgan fingerprint density at radius 1 is 0.667 bits per heavy atom. The molecular formula is C6H16N2Pt. The fraction of sp³-hybridized carbons (Fsp3) is 1.00. The molecule has 0 radical (unpaired) electrons. The van der Waals surface area contributed by atoms with E-state index in [0.717, 1.165) is 25.9 Å². The van der Waals surface area contributed by atoms with Crippen LogP contribution in [-0.4, -0.2) is 13.1 Å². The zero-order chi connectivity index (χ0) is 6.24. The average molecular weight is 311 g/mol. The van der Waals surface area contributed by atoms with Gasteiger partial charge in [0.25, 0.3) is 0 Å². The van der Waals surface area contributed by atoms with Crippen molar-refractivity contribution in [3.8, 4) is 0 Å². The fourth-order valence-corrected chi connectivity index (χ4v) is 0.642. The maximum Gasteiger partial charge on any atom is 0 e. The second-order valence-electron chi connectivity index (χ2n) is 1.99. The van der Waals surface area contributed by atoms with Crippen LogP contribution in [0.2, 0.25) is 0 Å². The standard InChI is InChI=1S/C6H16N2.Pt/c7-5-3-1-2-4-6-8;/h1-8H2;. The summed E-state index contributed by atoms with van der Waals surface area (Å²) in [7, 11) is 0. The maximum atomic E-state index is 5.28. The topological polar surface area (TPSA) is 52.0 Å². The first-order valence-electron chi connectivity index (χ1n) is 3.32. The minimum absolute atomic E-state index is 0. The van der Waals surface area contributed by atoms with Gasteiger partial charge in [-0.05, 0) is 25.9 Å². The Kier molecular flexibility index (Phi) is 15.6.